The van der Waals surface area contributed by atoms with Crippen LogP contribution in [0.4, 0.5) is 0 Å². The second-order valence-corrected chi connectivity index (χ2v) is 20.7. The van der Waals surface area contributed by atoms with E-state index in [2.05, 4.69) is 85.7 Å². The monoisotopic (exact) mass is 492 g/mol. The average molecular weight is 493 g/mol. The van der Waals surface area contributed by atoms with Gasteiger partial charge in [0.2, 0.25) is 0 Å². The molecule has 3 heterocycles. The lowest BCUT2D eigenvalue weighted by molar-refractivity contribution is -0.0379. The van der Waals surface area contributed by atoms with Gasteiger partial charge in [0.05, 0.1) is 18.8 Å². The predicted molar refractivity (Wildman–Crippen MR) is 138 cm³/mol. The van der Waals surface area contributed by atoms with Crippen LogP contribution < -0.4 is 0 Å². The summed E-state index contributed by atoms with van der Waals surface area (Å²) in [6, 6.07) is 10.9. The van der Waals surface area contributed by atoms with Gasteiger partial charge in [-0.25, -0.2) is 0 Å². The normalized spacial score (nSPS) is 27.9. The number of fused-ring (bicyclic) bond motifs is 2. The Kier molecular flexibility index (Phi) is 7.10. The molecule has 2 aromatic rings. The summed E-state index contributed by atoms with van der Waals surface area (Å²) in [7, 11) is -5.08. The van der Waals surface area contributed by atoms with Crippen molar-refractivity contribution in [3.05, 3.63) is 35.2 Å². The minimum absolute atomic E-state index is 0.0213. The minimum atomic E-state index is -2.57. The zero-order valence-corrected chi connectivity index (χ0v) is 23.7. The van der Waals surface area contributed by atoms with Gasteiger partial charge < -0.3 is 17.7 Å². The molecule has 0 aliphatic carbocycles. The summed E-state index contributed by atoms with van der Waals surface area (Å²) in [6.07, 6.45) is 0.913. The van der Waals surface area contributed by atoms with Crippen LogP contribution in [-0.2, 0) is 17.7 Å². The SMILES string of the molecule is CC(C)[Si]1(C(C)C)OC[C@H]2O[C@H](c3cc4ccccc4s3)C[C@@H]2O[Si](C(C)C)(C(C)C)O1. The van der Waals surface area contributed by atoms with Crippen LogP contribution in [0.1, 0.15) is 72.8 Å². The average Bonchev–Trinajstić information content (AvgIpc) is 3.31. The first kappa shape index (κ1) is 24.6. The molecule has 32 heavy (non-hydrogen) atoms. The fraction of sp³-hybridized carbons (Fsp3) is 0.680. The van der Waals surface area contributed by atoms with Gasteiger partial charge in [0.25, 0.3) is 0 Å². The second-order valence-electron chi connectivity index (χ2n) is 10.7. The van der Waals surface area contributed by atoms with Gasteiger partial charge in [0, 0.05) is 16.0 Å². The van der Waals surface area contributed by atoms with Crippen LogP contribution in [0.25, 0.3) is 10.1 Å². The molecule has 2 aliphatic rings. The van der Waals surface area contributed by atoms with Gasteiger partial charge in [-0.05, 0) is 39.7 Å². The van der Waals surface area contributed by atoms with Crippen LogP contribution in [0.15, 0.2) is 30.3 Å². The minimum Gasteiger partial charge on any atom is -0.414 e. The van der Waals surface area contributed by atoms with Crippen molar-refractivity contribution < 1.29 is 17.7 Å². The summed E-state index contributed by atoms with van der Waals surface area (Å²) < 4.78 is 29.3. The fourth-order valence-electron chi connectivity index (χ4n) is 5.49. The molecule has 0 spiro atoms. The lowest BCUT2D eigenvalue weighted by Crippen LogP contribution is -2.65. The molecule has 178 valence electrons. The molecule has 4 rings (SSSR count). The van der Waals surface area contributed by atoms with Gasteiger partial charge in [-0.2, -0.15) is 0 Å². The third kappa shape index (κ3) is 4.19. The van der Waals surface area contributed by atoms with Gasteiger partial charge in [-0.15, -0.1) is 11.3 Å². The third-order valence-electron chi connectivity index (χ3n) is 7.31. The molecule has 0 N–H and O–H groups in total. The molecule has 1 aromatic carbocycles. The number of hydrogen-bond donors (Lipinski definition) is 0. The Bertz CT molecular complexity index is 877. The van der Waals surface area contributed by atoms with E-state index in [0.717, 1.165) is 6.42 Å². The molecular formula is C25H40O4SSi2. The molecule has 0 bridgehead atoms. The standard InChI is InChI=1S/C25H40O4SSi2/c1-16(2)31(17(3)4)26-15-23-21(28-32(29-31,18(5)6)19(7)8)14-22(27-23)25-13-20-11-9-10-12-24(20)30-25/h9-13,16-19,21-23H,14-15H2,1-8H3/t21-,22-,23+/m0/s1. The summed E-state index contributed by atoms with van der Waals surface area (Å²) in [5, 5.41) is 1.29. The van der Waals surface area contributed by atoms with E-state index in [1.165, 1.54) is 15.0 Å². The smallest absolute Gasteiger partial charge is 0.335 e. The van der Waals surface area contributed by atoms with Crippen LogP contribution in [0.2, 0.25) is 22.2 Å². The molecule has 7 heteroatoms. The van der Waals surface area contributed by atoms with Gasteiger partial charge in [-0.1, -0.05) is 73.6 Å². The van der Waals surface area contributed by atoms with Crippen molar-refractivity contribution in [2.45, 2.75) is 102 Å². The van der Waals surface area contributed by atoms with E-state index >= 15 is 0 Å². The van der Waals surface area contributed by atoms with Crippen molar-refractivity contribution in [2.75, 3.05) is 6.61 Å². The molecule has 3 atom stereocenters. The Morgan fingerprint density at radius 1 is 0.844 bits per heavy atom. The molecular weight excluding hydrogens is 453 g/mol. The second kappa shape index (κ2) is 9.25. The molecule has 0 amide bonds. The number of thiophene rings is 1. The Morgan fingerprint density at radius 2 is 1.47 bits per heavy atom. The van der Waals surface area contributed by atoms with Crippen molar-refractivity contribution in [2.24, 2.45) is 0 Å². The van der Waals surface area contributed by atoms with Crippen molar-refractivity contribution in [1.29, 1.82) is 0 Å². The van der Waals surface area contributed by atoms with Crippen molar-refractivity contribution in [3.63, 3.8) is 0 Å². The highest BCUT2D eigenvalue weighted by molar-refractivity contribution is 7.19. The molecule has 0 radical (unpaired) electrons. The van der Waals surface area contributed by atoms with Crippen molar-refractivity contribution >= 4 is 38.5 Å². The summed E-state index contributed by atoms with van der Waals surface area (Å²) in [6.45, 7) is 18.7. The quantitative estimate of drug-likeness (QED) is 0.401. The first-order valence-corrected chi connectivity index (χ1v) is 17.0. The van der Waals surface area contributed by atoms with Crippen LogP contribution in [0.3, 0.4) is 0 Å². The predicted octanol–water partition coefficient (Wildman–Crippen LogP) is 7.69. The maximum absolute atomic E-state index is 7.29. The molecule has 2 aliphatic heterocycles. The highest BCUT2D eigenvalue weighted by Crippen LogP contribution is 2.49. The summed E-state index contributed by atoms with van der Waals surface area (Å²) in [5.74, 6) is 0. The molecule has 0 unspecified atom stereocenters. The molecule has 2 fully saturated rings. The summed E-state index contributed by atoms with van der Waals surface area (Å²) in [4.78, 5) is 1.29. The van der Waals surface area contributed by atoms with E-state index in [9.17, 15) is 0 Å². The Morgan fingerprint density at radius 3 is 2.06 bits per heavy atom. The van der Waals surface area contributed by atoms with E-state index in [4.69, 9.17) is 17.7 Å². The van der Waals surface area contributed by atoms with Gasteiger partial charge in [0.1, 0.15) is 6.10 Å². The topological polar surface area (TPSA) is 36.9 Å². The van der Waals surface area contributed by atoms with E-state index < -0.39 is 17.1 Å². The first-order valence-electron chi connectivity index (χ1n) is 12.2. The third-order valence-corrected chi connectivity index (χ3v) is 18.8. The van der Waals surface area contributed by atoms with Gasteiger partial charge in [-0.3, -0.25) is 0 Å². The van der Waals surface area contributed by atoms with E-state index in [1.54, 1.807) is 0 Å². The molecule has 2 saturated heterocycles. The highest BCUT2D eigenvalue weighted by Gasteiger charge is 2.60. The van der Waals surface area contributed by atoms with E-state index in [-0.39, 0.29) is 18.3 Å². The lowest BCUT2D eigenvalue weighted by atomic mass is 10.1. The fourth-order valence-corrected chi connectivity index (χ4v) is 17.8. The molecule has 4 nitrogen and oxygen atoms in total. The van der Waals surface area contributed by atoms with Gasteiger partial charge >= 0.3 is 17.1 Å². The lowest BCUT2D eigenvalue weighted by Gasteiger charge is -2.51. The molecule has 1 aromatic heterocycles. The van der Waals surface area contributed by atoms with E-state index in [0.29, 0.717) is 28.8 Å². The van der Waals surface area contributed by atoms with Crippen LogP contribution in [-0.4, -0.2) is 35.9 Å². The summed E-state index contributed by atoms with van der Waals surface area (Å²) >= 11 is 1.84. The maximum Gasteiger partial charge on any atom is 0.335 e. The van der Waals surface area contributed by atoms with Crippen LogP contribution in [0.5, 0.6) is 0 Å². The van der Waals surface area contributed by atoms with Crippen molar-refractivity contribution in [3.8, 4) is 0 Å². The van der Waals surface area contributed by atoms with Crippen LogP contribution >= 0.6 is 11.3 Å². The first-order chi connectivity index (χ1) is 15.1. The summed E-state index contributed by atoms with van der Waals surface area (Å²) in [5.41, 5.74) is 1.40. The number of rotatable bonds is 5. The zero-order valence-electron chi connectivity index (χ0n) is 20.9. The maximum atomic E-state index is 7.29. The number of hydrogen-bond acceptors (Lipinski definition) is 5. The Balaban J connectivity index is 1.69. The van der Waals surface area contributed by atoms with Crippen molar-refractivity contribution in [1.82, 2.24) is 0 Å². The van der Waals surface area contributed by atoms with Crippen LogP contribution in [0, 0.1) is 0 Å². The Hall–Kier alpha value is -0.546. The largest absolute Gasteiger partial charge is 0.414 e. The number of benzene rings is 1. The van der Waals surface area contributed by atoms with E-state index in [1.807, 2.05) is 11.3 Å². The Labute approximate surface area is 200 Å². The van der Waals surface area contributed by atoms with Gasteiger partial charge in [0.15, 0.2) is 0 Å². The highest BCUT2D eigenvalue weighted by atomic mass is 32.1. The zero-order chi connectivity index (χ0) is 23.3. The number of ether oxygens (including phenoxy) is 1. The molecule has 0 saturated carbocycles.